The van der Waals surface area contributed by atoms with Crippen molar-refractivity contribution in [3.8, 4) is 0 Å². The first-order chi connectivity index (χ1) is 12.6. The van der Waals surface area contributed by atoms with Crippen molar-refractivity contribution in [2.75, 3.05) is 13.2 Å². The second-order valence-corrected chi connectivity index (χ2v) is 7.85. The molecule has 1 saturated heterocycles. The van der Waals surface area contributed by atoms with Crippen molar-refractivity contribution >= 4 is 11.9 Å². The van der Waals surface area contributed by atoms with Gasteiger partial charge in [0.15, 0.2) is 0 Å². The summed E-state index contributed by atoms with van der Waals surface area (Å²) >= 11 is 0. The lowest BCUT2D eigenvalue weighted by Crippen LogP contribution is -2.44. The van der Waals surface area contributed by atoms with E-state index >= 15 is 0 Å². The number of hydrogen-bond donors (Lipinski definition) is 0. The highest BCUT2D eigenvalue weighted by Crippen LogP contribution is 2.28. The van der Waals surface area contributed by atoms with Crippen molar-refractivity contribution in [2.45, 2.75) is 70.3 Å². The van der Waals surface area contributed by atoms with Crippen molar-refractivity contribution in [3.05, 3.63) is 24.0 Å². The van der Waals surface area contributed by atoms with Gasteiger partial charge >= 0.3 is 5.97 Å². The third kappa shape index (κ3) is 4.89. The van der Waals surface area contributed by atoms with Gasteiger partial charge in [-0.2, -0.15) is 0 Å². The summed E-state index contributed by atoms with van der Waals surface area (Å²) in [5.74, 6) is 0.738. The van der Waals surface area contributed by atoms with E-state index in [2.05, 4.69) is 0 Å². The maximum atomic E-state index is 12.8. The van der Waals surface area contributed by atoms with E-state index in [0.717, 1.165) is 50.3 Å². The molecule has 2 aliphatic rings. The molecule has 0 spiro atoms. The average Bonchev–Trinajstić information content (AvgIpc) is 3.31. The maximum Gasteiger partial charge on any atom is 0.305 e. The van der Waals surface area contributed by atoms with Crippen molar-refractivity contribution in [2.24, 2.45) is 13.0 Å². The molecule has 2 heterocycles. The molecule has 0 aromatic carbocycles. The van der Waals surface area contributed by atoms with Gasteiger partial charge < -0.3 is 14.2 Å². The molecule has 5 heteroatoms. The van der Waals surface area contributed by atoms with Gasteiger partial charge in [0, 0.05) is 38.7 Å². The van der Waals surface area contributed by atoms with Crippen LogP contribution in [0.5, 0.6) is 0 Å². The number of hydrogen-bond acceptors (Lipinski definition) is 3. The molecule has 1 aromatic heterocycles. The van der Waals surface area contributed by atoms with Gasteiger partial charge in [0.25, 0.3) is 5.91 Å². The summed E-state index contributed by atoms with van der Waals surface area (Å²) in [5.41, 5.74) is 0.727. The zero-order valence-corrected chi connectivity index (χ0v) is 16.0. The third-order valence-electron chi connectivity index (χ3n) is 6.00. The number of piperidine rings is 1. The highest BCUT2D eigenvalue weighted by molar-refractivity contribution is 5.93. The van der Waals surface area contributed by atoms with Crippen LogP contribution in [0.25, 0.3) is 0 Å². The number of ether oxygens (including phenoxy) is 1. The van der Waals surface area contributed by atoms with E-state index < -0.39 is 0 Å². The molecule has 1 aliphatic carbocycles. The van der Waals surface area contributed by atoms with Crippen LogP contribution in [0.1, 0.15) is 74.7 Å². The van der Waals surface area contributed by atoms with Crippen LogP contribution in [0.4, 0.5) is 0 Å². The summed E-state index contributed by atoms with van der Waals surface area (Å²) in [6.45, 7) is 1.22. The Morgan fingerprint density at radius 1 is 1.12 bits per heavy atom. The van der Waals surface area contributed by atoms with Gasteiger partial charge in [-0.05, 0) is 43.7 Å². The Morgan fingerprint density at radius 2 is 1.88 bits per heavy atom. The lowest BCUT2D eigenvalue weighted by atomic mass is 9.99. The summed E-state index contributed by atoms with van der Waals surface area (Å²) in [4.78, 5) is 26.8. The lowest BCUT2D eigenvalue weighted by Gasteiger charge is -2.35. The lowest BCUT2D eigenvalue weighted by molar-refractivity contribution is -0.144. The predicted molar refractivity (Wildman–Crippen MR) is 101 cm³/mol. The van der Waals surface area contributed by atoms with Crippen LogP contribution in [0.15, 0.2) is 18.3 Å². The Bertz CT molecular complexity index is 604. The van der Waals surface area contributed by atoms with Crippen LogP contribution in [0.3, 0.4) is 0 Å². The number of nitrogens with zero attached hydrogens (tertiary/aromatic N) is 2. The topological polar surface area (TPSA) is 51.5 Å². The number of carbonyl (C=O) groups excluding carboxylic acids is 2. The minimum Gasteiger partial charge on any atom is -0.466 e. The molecule has 5 nitrogen and oxygen atoms in total. The van der Waals surface area contributed by atoms with Gasteiger partial charge in [-0.25, -0.2) is 0 Å². The fraction of sp³-hybridized carbons (Fsp3) is 0.714. The van der Waals surface area contributed by atoms with E-state index in [9.17, 15) is 9.59 Å². The minimum absolute atomic E-state index is 0.0759. The fourth-order valence-corrected chi connectivity index (χ4v) is 4.40. The van der Waals surface area contributed by atoms with Crippen LogP contribution in [-0.4, -0.2) is 40.5 Å². The monoisotopic (exact) mass is 360 g/mol. The molecule has 1 amide bonds. The first-order valence-electron chi connectivity index (χ1n) is 10.2. The molecule has 144 valence electrons. The molecule has 3 rings (SSSR count). The number of rotatable bonds is 7. The summed E-state index contributed by atoms with van der Waals surface area (Å²) < 4.78 is 7.34. The van der Waals surface area contributed by atoms with E-state index in [-0.39, 0.29) is 17.9 Å². The molecular formula is C21H32N2O3. The highest BCUT2D eigenvalue weighted by atomic mass is 16.5. The minimum atomic E-state index is -0.0759. The molecule has 0 radical (unpaired) electrons. The maximum absolute atomic E-state index is 12.8. The zero-order chi connectivity index (χ0) is 18.4. The first kappa shape index (κ1) is 19.0. The van der Waals surface area contributed by atoms with Gasteiger partial charge in [-0.1, -0.05) is 25.7 Å². The van der Waals surface area contributed by atoms with Crippen molar-refractivity contribution in [3.63, 3.8) is 0 Å². The number of likely N-dealkylation sites (tertiary alicyclic amines) is 1. The highest BCUT2D eigenvalue weighted by Gasteiger charge is 2.28. The van der Waals surface area contributed by atoms with Crippen molar-refractivity contribution < 1.29 is 14.3 Å². The smallest absolute Gasteiger partial charge is 0.305 e. The molecule has 1 saturated carbocycles. The van der Waals surface area contributed by atoms with E-state index in [1.807, 2.05) is 34.8 Å². The summed E-state index contributed by atoms with van der Waals surface area (Å²) in [6, 6.07) is 3.95. The largest absolute Gasteiger partial charge is 0.466 e. The molecule has 1 aliphatic heterocycles. The van der Waals surface area contributed by atoms with Gasteiger partial charge in [-0.15, -0.1) is 0 Å². The zero-order valence-electron chi connectivity index (χ0n) is 16.0. The number of amides is 1. The Labute approximate surface area is 156 Å². The van der Waals surface area contributed by atoms with E-state index in [4.69, 9.17) is 4.74 Å². The molecule has 1 aromatic rings. The number of esters is 1. The Morgan fingerprint density at radius 3 is 2.62 bits per heavy atom. The molecular weight excluding hydrogens is 328 g/mol. The fourth-order valence-electron chi connectivity index (χ4n) is 4.40. The quantitative estimate of drug-likeness (QED) is 0.693. The molecule has 1 unspecified atom stereocenters. The van der Waals surface area contributed by atoms with Crippen LogP contribution >= 0.6 is 0 Å². The third-order valence-corrected chi connectivity index (χ3v) is 6.00. The molecule has 26 heavy (non-hydrogen) atoms. The second kappa shape index (κ2) is 9.24. The summed E-state index contributed by atoms with van der Waals surface area (Å²) in [6.07, 6.45) is 12.5. The Hall–Kier alpha value is -1.78. The van der Waals surface area contributed by atoms with Gasteiger partial charge in [0.05, 0.1) is 6.61 Å². The van der Waals surface area contributed by atoms with Gasteiger partial charge in [-0.3, -0.25) is 9.59 Å². The van der Waals surface area contributed by atoms with Gasteiger partial charge in [0.1, 0.15) is 5.69 Å². The normalized spacial score (nSPS) is 21.1. The van der Waals surface area contributed by atoms with Crippen molar-refractivity contribution in [1.82, 2.24) is 9.47 Å². The van der Waals surface area contributed by atoms with E-state index in [1.165, 1.54) is 25.7 Å². The second-order valence-electron chi connectivity index (χ2n) is 7.85. The standard InChI is InChI=1S/C21H32N2O3/c1-22-14-6-10-19(22)21(25)23-15-5-4-9-18(23)13-16-26-20(24)12-11-17-7-2-3-8-17/h6,10,14,17-18H,2-5,7-9,11-13,15-16H2,1H3. The Balaban J connectivity index is 1.44. The van der Waals surface area contributed by atoms with E-state index in [1.54, 1.807) is 0 Å². The van der Waals surface area contributed by atoms with E-state index in [0.29, 0.717) is 13.0 Å². The summed E-state index contributed by atoms with van der Waals surface area (Å²) in [7, 11) is 1.90. The van der Waals surface area contributed by atoms with Crippen LogP contribution < -0.4 is 0 Å². The molecule has 0 bridgehead atoms. The van der Waals surface area contributed by atoms with Crippen LogP contribution in [-0.2, 0) is 16.6 Å². The molecule has 1 atom stereocenters. The number of aryl methyl sites for hydroxylation is 1. The SMILES string of the molecule is Cn1cccc1C(=O)N1CCCCC1CCOC(=O)CCC1CCCC1. The van der Waals surface area contributed by atoms with Crippen molar-refractivity contribution in [1.29, 1.82) is 0 Å². The predicted octanol–water partition coefficient (Wildman–Crippen LogP) is 3.92. The molecule has 0 N–H and O–H groups in total. The number of aromatic nitrogens is 1. The van der Waals surface area contributed by atoms with Crippen LogP contribution in [0.2, 0.25) is 0 Å². The summed E-state index contributed by atoms with van der Waals surface area (Å²) in [5, 5.41) is 0. The molecule has 2 fully saturated rings. The Kier molecular flexibility index (Phi) is 6.75. The van der Waals surface area contributed by atoms with Gasteiger partial charge in [0.2, 0.25) is 0 Å². The number of carbonyl (C=O) groups is 2. The van der Waals surface area contributed by atoms with Crippen LogP contribution in [0, 0.1) is 5.92 Å². The average molecular weight is 360 g/mol. The first-order valence-corrected chi connectivity index (χ1v) is 10.2.